The zero-order valence-electron chi connectivity index (χ0n) is 12.2. The molecule has 1 atom stereocenters. The highest BCUT2D eigenvalue weighted by Crippen LogP contribution is 2.22. The van der Waals surface area contributed by atoms with Crippen molar-refractivity contribution in [2.45, 2.75) is 19.6 Å². The molecule has 3 N–H and O–H groups in total. The summed E-state index contributed by atoms with van der Waals surface area (Å²) in [4.78, 5) is 27.3. The number of benzene rings is 1. The lowest BCUT2D eigenvalue weighted by atomic mass is 10.2. The number of halogens is 3. The Morgan fingerprint density at radius 2 is 2.04 bits per heavy atom. The van der Waals surface area contributed by atoms with E-state index in [9.17, 15) is 22.8 Å². The van der Waals surface area contributed by atoms with Crippen LogP contribution in [0.4, 0.5) is 18.9 Å². The number of hydrogen-bond donors (Lipinski definition) is 3. The second-order valence-electron chi connectivity index (χ2n) is 4.54. The number of nitrogens with zero attached hydrogens (tertiary/aromatic N) is 2. The van der Waals surface area contributed by atoms with Gasteiger partial charge in [-0.3, -0.25) is 14.7 Å². The zero-order chi connectivity index (χ0) is 17.7. The van der Waals surface area contributed by atoms with E-state index in [2.05, 4.69) is 30.6 Å². The van der Waals surface area contributed by atoms with E-state index in [-0.39, 0.29) is 5.69 Å². The smallest absolute Gasteiger partial charge is 0.387 e. The van der Waals surface area contributed by atoms with Gasteiger partial charge in [0.05, 0.1) is 6.04 Å². The fourth-order valence-electron chi connectivity index (χ4n) is 1.71. The van der Waals surface area contributed by atoms with Crippen LogP contribution in [0.2, 0.25) is 0 Å². The largest absolute Gasteiger partial charge is 0.432 e. The van der Waals surface area contributed by atoms with Crippen molar-refractivity contribution < 1.29 is 27.5 Å². The number of aromatic nitrogens is 3. The van der Waals surface area contributed by atoms with Crippen LogP contribution in [-0.2, 0) is 9.59 Å². The minimum Gasteiger partial charge on any atom is -0.432 e. The maximum Gasteiger partial charge on any atom is 0.387 e. The fourth-order valence-corrected chi connectivity index (χ4v) is 1.71. The number of nitrogens with one attached hydrogen (secondary N) is 3. The van der Waals surface area contributed by atoms with Crippen LogP contribution in [0.25, 0.3) is 0 Å². The normalized spacial score (nSPS) is 11.9. The monoisotopic (exact) mass is 343 g/mol. The minimum atomic E-state index is -3.18. The van der Waals surface area contributed by atoms with E-state index >= 15 is 0 Å². The lowest BCUT2D eigenvalue weighted by Crippen LogP contribution is -2.37. The first-order valence-electron chi connectivity index (χ1n) is 6.58. The van der Waals surface area contributed by atoms with Gasteiger partial charge in [-0.1, -0.05) is 0 Å². The molecule has 0 radical (unpaired) electrons. The van der Waals surface area contributed by atoms with Crippen molar-refractivity contribution in [3.05, 3.63) is 36.2 Å². The van der Waals surface area contributed by atoms with Crippen LogP contribution in [0.5, 0.6) is 5.75 Å². The summed E-state index contributed by atoms with van der Waals surface area (Å²) in [6.07, 6.45) is 1.24. The van der Waals surface area contributed by atoms with Gasteiger partial charge in [-0.25, -0.2) is 9.37 Å². The molecule has 0 spiro atoms. The molecule has 128 valence electrons. The van der Waals surface area contributed by atoms with E-state index in [1.807, 2.05) is 0 Å². The van der Waals surface area contributed by atoms with Crippen LogP contribution >= 0.6 is 0 Å². The Morgan fingerprint density at radius 3 is 2.62 bits per heavy atom. The molecule has 0 bridgehead atoms. The van der Waals surface area contributed by atoms with Crippen LogP contribution in [0, 0.1) is 5.82 Å². The molecule has 0 aliphatic carbocycles. The fraction of sp³-hybridized carbons (Fsp3) is 0.231. The highest BCUT2D eigenvalue weighted by molar-refractivity contribution is 6.39. The molecule has 11 heteroatoms. The summed E-state index contributed by atoms with van der Waals surface area (Å²) in [6.45, 7) is -1.61. The summed E-state index contributed by atoms with van der Waals surface area (Å²) in [5.41, 5.74) is -0.0958. The van der Waals surface area contributed by atoms with Crippen molar-refractivity contribution in [1.29, 1.82) is 0 Å². The van der Waals surface area contributed by atoms with Crippen molar-refractivity contribution in [2.75, 3.05) is 5.32 Å². The standard InChI is InChI=1S/C13H12F3N5O3/c1-6(10-17-5-18-21-10)19-11(22)12(23)20-7-2-3-9(8(14)4-7)24-13(15)16/h2-6,13H,1H3,(H,19,22)(H,20,23)(H,17,18,21). The number of rotatable bonds is 5. The van der Waals surface area contributed by atoms with E-state index in [0.717, 1.165) is 18.2 Å². The highest BCUT2D eigenvalue weighted by atomic mass is 19.3. The van der Waals surface area contributed by atoms with Crippen LogP contribution in [0.1, 0.15) is 18.8 Å². The Kier molecular flexibility index (Phi) is 5.35. The van der Waals surface area contributed by atoms with Gasteiger partial charge in [0.2, 0.25) is 0 Å². The molecule has 2 amide bonds. The molecule has 1 aromatic carbocycles. The van der Waals surface area contributed by atoms with Crippen molar-refractivity contribution in [3.63, 3.8) is 0 Å². The van der Waals surface area contributed by atoms with Crippen LogP contribution in [0.15, 0.2) is 24.5 Å². The molecule has 24 heavy (non-hydrogen) atoms. The quantitative estimate of drug-likeness (QED) is 0.710. The number of ether oxygens (including phenoxy) is 1. The number of carbonyl (C=O) groups is 2. The highest BCUT2D eigenvalue weighted by Gasteiger charge is 2.19. The van der Waals surface area contributed by atoms with Gasteiger partial charge >= 0.3 is 18.4 Å². The van der Waals surface area contributed by atoms with Crippen LogP contribution < -0.4 is 15.4 Å². The predicted molar refractivity (Wildman–Crippen MR) is 74.6 cm³/mol. The van der Waals surface area contributed by atoms with Gasteiger partial charge in [0.15, 0.2) is 11.6 Å². The van der Waals surface area contributed by atoms with E-state index in [1.54, 1.807) is 6.92 Å². The van der Waals surface area contributed by atoms with Gasteiger partial charge in [-0.2, -0.15) is 13.9 Å². The molecule has 0 aliphatic rings. The number of H-pyrrole nitrogens is 1. The SMILES string of the molecule is CC(NC(=O)C(=O)Nc1ccc(OC(F)F)c(F)c1)c1ncn[nH]1. The molecule has 0 aliphatic heterocycles. The van der Waals surface area contributed by atoms with Crippen molar-refractivity contribution >= 4 is 17.5 Å². The average Bonchev–Trinajstić information content (AvgIpc) is 3.04. The van der Waals surface area contributed by atoms with Gasteiger partial charge in [-0.15, -0.1) is 0 Å². The number of carbonyl (C=O) groups excluding carboxylic acids is 2. The first kappa shape index (κ1) is 17.2. The third-order valence-electron chi connectivity index (χ3n) is 2.80. The summed E-state index contributed by atoms with van der Waals surface area (Å²) in [5, 5.41) is 10.6. The van der Waals surface area contributed by atoms with Gasteiger partial charge in [0, 0.05) is 11.8 Å². The molecule has 2 rings (SSSR count). The van der Waals surface area contributed by atoms with Crippen molar-refractivity contribution in [1.82, 2.24) is 20.5 Å². The molecular weight excluding hydrogens is 331 g/mol. The Labute approximate surface area is 133 Å². The molecule has 0 fully saturated rings. The average molecular weight is 343 g/mol. The predicted octanol–water partition coefficient (Wildman–Crippen LogP) is 1.36. The molecule has 0 saturated carbocycles. The second-order valence-corrected chi connectivity index (χ2v) is 4.54. The zero-order valence-corrected chi connectivity index (χ0v) is 12.2. The minimum absolute atomic E-state index is 0.0958. The lowest BCUT2D eigenvalue weighted by molar-refractivity contribution is -0.136. The van der Waals surface area contributed by atoms with Crippen LogP contribution in [-0.4, -0.2) is 33.6 Å². The Morgan fingerprint density at radius 1 is 1.29 bits per heavy atom. The summed E-state index contributed by atoms with van der Waals surface area (Å²) < 4.78 is 41.5. The Balaban J connectivity index is 1.96. The molecule has 1 heterocycles. The van der Waals surface area contributed by atoms with Gasteiger partial charge in [-0.05, 0) is 19.1 Å². The van der Waals surface area contributed by atoms with E-state index in [0.29, 0.717) is 5.82 Å². The summed E-state index contributed by atoms with van der Waals surface area (Å²) in [7, 11) is 0. The maximum absolute atomic E-state index is 13.5. The molecule has 1 aromatic heterocycles. The third kappa shape index (κ3) is 4.44. The van der Waals surface area contributed by atoms with Crippen molar-refractivity contribution in [2.24, 2.45) is 0 Å². The second kappa shape index (κ2) is 7.44. The summed E-state index contributed by atoms with van der Waals surface area (Å²) in [5.74, 6) is -3.50. The molecule has 8 nitrogen and oxygen atoms in total. The lowest BCUT2D eigenvalue weighted by Gasteiger charge is -2.11. The topological polar surface area (TPSA) is 109 Å². The molecular formula is C13H12F3N5O3. The number of aromatic amines is 1. The van der Waals surface area contributed by atoms with E-state index < -0.39 is 36.0 Å². The van der Waals surface area contributed by atoms with Gasteiger partial charge in [0.25, 0.3) is 0 Å². The summed E-state index contributed by atoms with van der Waals surface area (Å²) >= 11 is 0. The third-order valence-corrected chi connectivity index (χ3v) is 2.80. The number of alkyl halides is 2. The Hall–Kier alpha value is -3.11. The first-order valence-corrected chi connectivity index (χ1v) is 6.58. The van der Waals surface area contributed by atoms with E-state index in [4.69, 9.17) is 0 Å². The van der Waals surface area contributed by atoms with Crippen LogP contribution in [0.3, 0.4) is 0 Å². The first-order chi connectivity index (χ1) is 11.4. The van der Waals surface area contributed by atoms with Gasteiger partial charge < -0.3 is 15.4 Å². The van der Waals surface area contributed by atoms with Gasteiger partial charge in [0.1, 0.15) is 12.2 Å². The maximum atomic E-state index is 13.5. The Bertz CT molecular complexity index is 724. The molecule has 2 aromatic rings. The number of anilines is 1. The van der Waals surface area contributed by atoms with Crippen molar-refractivity contribution in [3.8, 4) is 5.75 Å². The van der Waals surface area contributed by atoms with E-state index in [1.165, 1.54) is 6.33 Å². The number of hydrogen-bond acceptors (Lipinski definition) is 5. The number of amides is 2. The molecule has 1 unspecified atom stereocenters. The summed E-state index contributed by atoms with van der Waals surface area (Å²) in [6, 6.07) is 2.17. The molecule has 0 saturated heterocycles.